The van der Waals surface area contributed by atoms with Gasteiger partial charge in [-0.1, -0.05) is 18.2 Å². The number of rotatable bonds is 1. The zero-order valence-electron chi connectivity index (χ0n) is 7.91. The number of hydrogen-bond donors (Lipinski definition) is 1. The SMILES string of the molecule is C[N+](C)=Cc1c[nH]c2ccccc12. The number of fused-ring (bicyclic) bond motifs is 1. The quantitative estimate of drug-likeness (QED) is 0.501. The molecule has 1 aromatic heterocycles. The molecule has 2 nitrogen and oxygen atoms in total. The summed E-state index contributed by atoms with van der Waals surface area (Å²) in [6.45, 7) is 0. The third-order valence-corrected chi connectivity index (χ3v) is 2.02. The Labute approximate surface area is 77.5 Å². The van der Waals surface area contributed by atoms with Crippen LogP contribution in [0.3, 0.4) is 0 Å². The van der Waals surface area contributed by atoms with E-state index < -0.39 is 0 Å². The Morgan fingerprint density at radius 3 is 2.77 bits per heavy atom. The van der Waals surface area contributed by atoms with Crippen molar-refractivity contribution in [1.82, 2.24) is 4.98 Å². The van der Waals surface area contributed by atoms with Crippen LogP contribution >= 0.6 is 0 Å². The summed E-state index contributed by atoms with van der Waals surface area (Å²) < 4.78 is 2.05. The standard InChI is InChI=1S/C11H12N2/c1-13(2)8-9-7-12-11-6-4-3-5-10(9)11/h3-8H,1-2H3/p+1. The minimum atomic E-state index is 1.19. The van der Waals surface area contributed by atoms with Crippen LogP contribution in [0.15, 0.2) is 30.5 Å². The lowest BCUT2D eigenvalue weighted by Crippen LogP contribution is -1.98. The van der Waals surface area contributed by atoms with Gasteiger partial charge in [-0.15, -0.1) is 0 Å². The highest BCUT2D eigenvalue weighted by Crippen LogP contribution is 2.15. The Kier molecular flexibility index (Phi) is 1.89. The van der Waals surface area contributed by atoms with Gasteiger partial charge >= 0.3 is 0 Å². The molecule has 0 atom stereocenters. The molecular formula is C11H13N2+. The van der Waals surface area contributed by atoms with Crippen molar-refractivity contribution in [3.8, 4) is 0 Å². The molecule has 66 valence electrons. The van der Waals surface area contributed by atoms with E-state index in [1.807, 2.05) is 26.4 Å². The molecule has 0 bridgehead atoms. The molecule has 1 N–H and O–H groups in total. The normalized spacial score (nSPS) is 10.3. The van der Waals surface area contributed by atoms with Crippen LogP contribution in [-0.4, -0.2) is 29.9 Å². The highest BCUT2D eigenvalue weighted by Gasteiger charge is 2.01. The van der Waals surface area contributed by atoms with Crippen molar-refractivity contribution in [3.05, 3.63) is 36.0 Å². The van der Waals surface area contributed by atoms with Crippen LogP contribution < -0.4 is 0 Å². The smallest absolute Gasteiger partial charge is 0.172 e. The summed E-state index contributed by atoms with van der Waals surface area (Å²) in [6.07, 6.45) is 4.14. The second-order valence-electron chi connectivity index (χ2n) is 3.38. The van der Waals surface area contributed by atoms with Crippen LogP contribution in [0.25, 0.3) is 10.9 Å². The first-order valence-electron chi connectivity index (χ1n) is 4.35. The Morgan fingerprint density at radius 2 is 2.00 bits per heavy atom. The number of para-hydroxylation sites is 1. The fourth-order valence-corrected chi connectivity index (χ4v) is 1.48. The molecule has 0 aliphatic heterocycles. The number of H-pyrrole nitrogens is 1. The zero-order valence-corrected chi connectivity index (χ0v) is 7.91. The van der Waals surface area contributed by atoms with E-state index in [0.717, 1.165) is 0 Å². The van der Waals surface area contributed by atoms with E-state index in [1.54, 1.807) is 0 Å². The first kappa shape index (κ1) is 8.05. The Morgan fingerprint density at radius 1 is 1.23 bits per heavy atom. The number of aromatic nitrogens is 1. The first-order valence-corrected chi connectivity index (χ1v) is 4.35. The Bertz CT molecular complexity index is 448. The molecule has 2 heteroatoms. The summed E-state index contributed by atoms with van der Waals surface area (Å²) in [5.41, 5.74) is 2.43. The second kappa shape index (κ2) is 3.05. The van der Waals surface area contributed by atoms with Gasteiger partial charge < -0.3 is 4.98 Å². The van der Waals surface area contributed by atoms with Crippen molar-refractivity contribution in [3.63, 3.8) is 0 Å². The molecule has 0 radical (unpaired) electrons. The number of benzene rings is 1. The number of aromatic amines is 1. The average molecular weight is 173 g/mol. The lowest BCUT2D eigenvalue weighted by atomic mass is 10.2. The fraction of sp³-hybridized carbons (Fsp3) is 0.182. The summed E-state index contributed by atoms with van der Waals surface area (Å²) in [5.74, 6) is 0. The fourth-order valence-electron chi connectivity index (χ4n) is 1.48. The van der Waals surface area contributed by atoms with Crippen LogP contribution in [0.5, 0.6) is 0 Å². The van der Waals surface area contributed by atoms with Gasteiger partial charge in [0.25, 0.3) is 0 Å². The molecular weight excluding hydrogens is 160 g/mol. The lowest BCUT2D eigenvalue weighted by Gasteiger charge is -1.88. The van der Waals surface area contributed by atoms with Crippen molar-refractivity contribution >= 4 is 17.1 Å². The molecule has 0 unspecified atom stereocenters. The lowest BCUT2D eigenvalue weighted by molar-refractivity contribution is -0.458. The predicted molar refractivity (Wildman–Crippen MR) is 55.6 cm³/mol. The highest BCUT2D eigenvalue weighted by atomic mass is 14.9. The molecule has 0 spiro atoms. The maximum absolute atomic E-state index is 3.24. The van der Waals surface area contributed by atoms with E-state index >= 15 is 0 Å². The molecule has 0 aliphatic carbocycles. The summed E-state index contributed by atoms with van der Waals surface area (Å²) in [4.78, 5) is 3.24. The largest absolute Gasteiger partial charge is 0.360 e. The van der Waals surface area contributed by atoms with Gasteiger partial charge in [0.05, 0.1) is 5.56 Å². The maximum atomic E-state index is 3.24. The summed E-state index contributed by atoms with van der Waals surface area (Å²) in [5, 5.41) is 1.27. The van der Waals surface area contributed by atoms with Crippen LogP contribution in [0.2, 0.25) is 0 Å². The predicted octanol–water partition coefficient (Wildman–Crippen LogP) is 1.86. The molecule has 0 fully saturated rings. The van der Waals surface area contributed by atoms with Crippen molar-refractivity contribution in [2.45, 2.75) is 0 Å². The van der Waals surface area contributed by atoms with E-state index in [9.17, 15) is 0 Å². The second-order valence-corrected chi connectivity index (χ2v) is 3.38. The van der Waals surface area contributed by atoms with Gasteiger partial charge in [0.15, 0.2) is 6.21 Å². The molecule has 0 aliphatic rings. The van der Waals surface area contributed by atoms with Crippen LogP contribution in [0, 0.1) is 0 Å². The van der Waals surface area contributed by atoms with Crippen LogP contribution in [0.1, 0.15) is 5.56 Å². The molecule has 0 saturated heterocycles. The number of nitrogens with zero attached hydrogens (tertiary/aromatic N) is 1. The van der Waals surface area contributed by atoms with Crippen LogP contribution in [-0.2, 0) is 0 Å². The Hall–Kier alpha value is -1.57. The van der Waals surface area contributed by atoms with Gasteiger partial charge in [-0.3, -0.25) is 0 Å². The maximum Gasteiger partial charge on any atom is 0.172 e. The Balaban J connectivity index is 2.65. The third kappa shape index (κ3) is 1.47. The molecule has 1 heterocycles. The van der Waals surface area contributed by atoms with Crippen molar-refractivity contribution in [1.29, 1.82) is 0 Å². The summed E-state index contributed by atoms with van der Waals surface area (Å²) >= 11 is 0. The van der Waals surface area contributed by atoms with E-state index in [-0.39, 0.29) is 0 Å². The van der Waals surface area contributed by atoms with E-state index in [1.165, 1.54) is 16.5 Å². The first-order chi connectivity index (χ1) is 6.27. The topological polar surface area (TPSA) is 18.8 Å². The molecule has 2 rings (SSSR count). The van der Waals surface area contributed by atoms with Crippen molar-refractivity contribution in [2.75, 3.05) is 14.1 Å². The van der Waals surface area contributed by atoms with Crippen molar-refractivity contribution < 1.29 is 4.58 Å². The van der Waals surface area contributed by atoms with Gasteiger partial charge in [0, 0.05) is 17.1 Å². The molecule has 1 aromatic carbocycles. The van der Waals surface area contributed by atoms with Gasteiger partial charge in [-0.2, -0.15) is 0 Å². The molecule has 0 amide bonds. The summed E-state index contributed by atoms with van der Waals surface area (Å²) in [6, 6.07) is 8.31. The van der Waals surface area contributed by atoms with E-state index in [4.69, 9.17) is 0 Å². The minimum absolute atomic E-state index is 1.19. The number of nitrogens with one attached hydrogen (secondary N) is 1. The third-order valence-electron chi connectivity index (χ3n) is 2.02. The van der Waals surface area contributed by atoms with Gasteiger partial charge in [0.2, 0.25) is 0 Å². The van der Waals surface area contributed by atoms with Crippen LogP contribution in [0.4, 0.5) is 0 Å². The zero-order chi connectivity index (χ0) is 9.26. The molecule has 0 saturated carbocycles. The van der Waals surface area contributed by atoms with Gasteiger partial charge in [-0.25, -0.2) is 4.58 Å². The van der Waals surface area contributed by atoms with Gasteiger partial charge in [0.1, 0.15) is 14.1 Å². The van der Waals surface area contributed by atoms with Gasteiger partial charge in [-0.05, 0) is 6.07 Å². The average Bonchev–Trinajstić information content (AvgIpc) is 2.48. The monoisotopic (exact) mass is 173 g/mol. The van der Waals surface area contributed by atoms with E-state index in [2.05, 4.69) is 34.0 Å². The molecule has 13 heavy (non-hydrogen) atoms. The number of hydrogen-bond acceptors (Lipinski definition) is 0. The van der Waals surface area contributed by atoms with E-state index in [0.29, 0.717) is 0 Å². The highest BCUT2D eigenvalue weighted by molar-refractivity contribution is 5.97. The minimum Gasteiger partial charge on any atom is -0.360 e. The molecule has 2 aromatic rings. The summed E-state index contributed by atoms with van der Waals surface area (Å²) in [7, 11) is 4.06. The van der Waals surface area contributed by atoms with Crippen molar-refractivity contribution in [2.24, 2.45) is 0 Å².